The molecule has 0 saturated carbocycles. The van der Waals surface area contributed by atoms with Crippen LogP contribution in [0.2, 0.25) is 0 Å². The highest BCUT2D eigenvalue weighted by Gasteiger charge is 2.04. The smallest absolute Gasteiger partial charge is 0.305 e. The minimum Gasteiger partial charge on any atom is -0.463 e. The van der Waals surface area contributed by atoms with Gasteiger partial charge >= 0.3 is 5.97 Å². The molecule has 0 saturated heterocycles. The number of esters is 1. The van der Waals surface area contributed by atoms with E-state index in [4.69, 9.17) is 18.9 Å². The second-order valence-corrected chi connectivity index (χ2v) is 5.24. The fourth-order valence-electron chi connectivity index (χ4n) is 1.70. The Morgan fingerprint density at radius 1 is 0.696 bits per heavy atom. The van der Waals surface area contributed by atoms with Crippen molar-refractivity contribution in [1.29, 1.82) is 0 Å². The molecule has 0 atom stereocenters. The molecule has 0 N–H and O–H groups in total. The molecule has 136 valence electrons. The van der Waals surface area contributed by atoms with E-state index in [-0.39, 0.29) is 31.6 Å². The number of unbranched alkanes of at least 4 members (excludes halogenated alkanes) is 1. The quantitative estimate of drug-likeness (QED) is 0.301. The van der Waals surface area contributed by atoms with Crippen molar-refractivity contribution in [2.24, 2.45) is 0 Å². The molecular formula is C17H32O6. The Morgan fingerprint density at radius 3 is 2.09 bits per heavy atom. The Hall–Kier alpha value is -0.980. The molecule has 0 aliphatic carbocycles. The van der Waals surface area contributed by atoms with Gasteiger partial charge in [-0.25, -0.2) is 0 Å². The van der Waals surface area contributed by atoms with E-state index in [1.165, 1.54) is 0 Å². The molecule has 6 heteroatoms. The SMILES string of the molecule is CCCCC(=O)OCCOCC(=O)CCCOCCOCCC. The van der Waals surface area contributed by atoms with Crippen LogP contribution in [0.25, 0.3) is 0 Å². The molecule has 6 nitrogen and oxygen atoms in total. The lowest BCUT2D eigenvalue weighted by Gasteiger charge is -2.06. The second kappa shape index (κ2) is 17.4. The molecule has 0 aromatic heterocycles. The molecule has 23 heavy (non-hydrogen) atoms. The van der Waals surface area contributed by atoms with Crippen molar-refractivity contribution in [3.63, 3.8) is 0 Å². The van der Waals surface area contributed by atoms with Gasteiger partial charge in [0.05, 0.1) is 19.8 Å². The first-order valence-electron chi connectivity index (χ1n) is 8.61. The summed E-state index contributed by atoms with van der Waals surface area (Å²) in [6.07, 6.45) is 4.37. The van der Waals surface area contributed by atoms with Crippen LogP contribution in [-0.4, -0.2) is 58.0 Å². The first-order chi connectivity index (χ1) is 11.2. The first kappa shape index (κ1) is 22.0. The number of hydrogen-bond donors (Lipinski definition) is 0. The maximum Gasteiger partial charge on any atom is 0.305 e. The molecule has 0 radical (unpaired) electrons. The summed E-state index contributed by atoms with van der Waals surface area (Å²) < 4.78 is 20.8. The van der Waals surface area contributed by atoms with Crippen LogP contribution in [0.4, 0.5) is 0 Å². The highest BCUT2D eigenvalue weighted by Crippen LogP contribution is 1.97. The van der Waals surface area contributed by atoms with Gasteiger partial charge in [0.2, 0.25) is 0 Å². The van der Waals surface area contributed by atoms with Gasteiger partial charge < -0.3 is 18.9 Å². The van der Waals surface area contributed by atoms with Crippen LogP contribution in [0.1, 0.15) is 52.4 Å². The predicted octanol–water partition coefficient (Wildman–Crippen LogP) is 2.53. The van der Waals surface area contributed by atoms with Gasteiger partial charge in [-0.15, -0.1) is 0 Å². The predicted molar refractivity (Wildman–Crippen MR) is 87.5 cm³/mol. The molecule has 0 bridgehead atoms. The third kappa shape index (κ3) is 17.2. The van der Waals surface area contributed by atoms with Crippen molar-refractivity contribution in [3.05, 3.63) is 0 Å². The molecule has 0 aromatic carbocycles. The Labute approximate surface area is 139 Å². The molecule has 0 rings (SSSR count). The van der Waals surface area contributed by atoms with Crippen LogP contribution in [0, 0.1) is 0 Å². The van der Waals surface area contributed by atoms with Crippen LogP contribution in [0.3, 0.4) is 0 Å². The highest BCUT2D eigenvalue weighted by atomic mass is 16.6. The van der Waals surface area contributed by atoms with Crippen molar-refractivity contribution in [2.75, 3.05) is 46.2 Å². The minimum absolute atomic E-state index is 0.0353. The number of ether oxygens (including phenoxy) is 4. The summed E-state index contributed by atoms with van der Waals surface area (Å²) in [5.74, 6) is -0.171. The molecule has 0 aliphatic rings. The molecular weight excluding hydrogens is 300 g/mol. The van der Waals surface area contributed by atoms with Crippen molar-refractivity contribution in [1.82, 2.24) is 0 Å². The Bertz CT molecular complexity index is 293. The normalized spacial score (nSPS) is 10.7. The average molecular weight is 332 g/mol. The molecule has 0 fully saturated rings. The van der Waals surface area contributed by atoms with Crippen LogP contribution in [-0.2, 0) is 28.5 Å². The topological polar surface area (TPSA) is 71.1 Å². The summed E-state index contributed by atoms with van der Waals surface area (Å²) in [5, 5.41) is 0. The molecule has 0 aromatic rings. The third-order valence-electron chi connectivity index (χ3n) is 2.95. The minimum atomic E-state index is -0.207. The van der Waals surface area contributed by atoms with E-state index in [1.807, 2.05) is 6.92 Å². The summed E-state index contributed by atoms with van der Waals surface area (Å²) in [6.45, 7) is 7.08. The maximum absolute atomic E-state index is 11.5. The Morgan fingerprint density at radius 2 is 1.39 bits per heavy atom. The molecule has 0 aliphatic heterocycles. The van der Waals surface area contributed by atoms with Crippen molar-refractivity contribution < 1.29 is 28.5 Å². The van der Waals surface area contributed by atoms with E-state index in [0.29, 0.717) is 39.1 Å². The van der Waals surface area contributed by atoms with Crippen LogP contribution >= 0.6 is 0 Å². The maximum atomic E-state index is 11.5. The zero-order valence-corrected chi connectivity index (χ0v) is 14.6. The number of carbonyl (C=O) groups excluding carboxylic acids is 2. The van der Waals surface area contributed by atoms with Crippen LogP contribution in [0.15, 0.2) is 0 Å². The van der Waals surface area contributed by atoms with Crippen LogP contribution in [0.5, 0.6) is 0 Å². The van der Waals surface area contributed by atoms with Gasteiger partial charge in [0.15, 0.2) is 5.78 Å². The Balaban J connectivity index is 3.26. The lowest BCUT2D eigenvalue weighted by atomic mass is 10.2. The van der Waals surface area contributed by atoms with E-state index in [2.05, 4.69) is 6.92 Å². The van der Waals surface area contributed by atoms with Gasteiger partial charge in [-0.1, -0.05) is 20.3 Å². The van der Waals surface area contributed by atoms with E-state index >= 15 is 0 Å². The standard InChI is InChI=1S/C17H32O6/c1-3-5-8-17(19)23-14-13-22-15-16(18)7-6-10-21-12-11-20-9-4-2/h3-15H2,1-2H3. The van der Waals surface area contributed by atoms with E-state index < -0.39 is 0 Å². The first-order valence-corrected chi connectivity index (χ1v) is 8.61. The second-order valence-electron chi connectivity index (χ2n) is 5.24. The van der Waals surface area contributed by atoms with Crippen LogP contribution < -0.4 is 0 Å². The van der Waals surface area contributed by atoms with Crippen molar-refractivity contribution >= 4 is 11.8 Å². The van der Waals surface area contributed by atoms with Gasteiger partial charge in [-0.05, 0) is 19.3 Å². The summed E-state index contributed by atoms with van der Waals surface area (Å²) >= 11 is 0. The number of Topliss-reactive ketones (excluding diaryl/α,β-unsaturated/α-hetero) is 1. The van der Waals surface area contributed by atoms with Gasteiger partial charge in [0.1, 0.15) is 13.2 Å². The summed E-state index contributed by atoms with van der Waals surface area (Å²) in [6, 6.07) is 0. The largest absolute Gasteiger partial charge is 0.463 e. The van der Waals surface area contributed by atoms with Gasteiger partial charge in [0.25, 0.3) is 0 Å². The fourth-order valence-corrected chi connectivity index (χ4v) is 1.70. The van der Waals surface area contributed by atoms with E-state index in [1.54, 1.807) is 0 Å². The number of rotatable bonds is 17. The van der Waals surface area contributed by atoms with Crippen molar-refractivity contribution in [2.45, 2.75) is 52.4 Å². The summed E-state index contributed by atoms with van der Waals surface area (Å²) in [5.41, 5.74) is 0. The average Bonchev–Trinajstić information content (AvgIpc) is 2.55. The van der Waals surface area contributed by atoms with Gasteiger partial charge in [0, 0.05) is 26.1 Å². The molecule has 0 amide bonds. The molecule has 0 spiro atoms. The number of hydrogen-bond acceptors (Lipinski definition) is 6. The zero-order chi connectivity index (χ0) is 17.2. The Kier molecular flexibility index (Phi) is 16.6. The summed E-state index contributed by atoms with van der Waals surface area (Å²) in [4.78, 5) is 22.8. The summed E-state index contributed by atoms with van der Waals surface area (Å²) in [7, 11) is 0. The molecule has 0 unspecified atom stereocenters. The highest BCUT2D eigenvalue weighted by molar-refractivity contribution is 5.79. The third-order valence-corrected chi connectivity index (χ3v) is 2.95. The van der Waals surface area contributed by atoms with Crippen molar-refractivity contribution in [3.8, 4) is 0 Å². The van der Waals surface area contributed by atoms with Gasteiger partial charge in [-0.2, -0.15) is 0 Å². The lowest BCUT2D eigenvalue weighted by molar-refractivity contribution is -0.145. The molecule has 0 heterocycles. The van der Waals surface area contributed by atoms with E-state index in [0.717, 1.165) is 25.9 Å². The number of carbonyl (C=O) groups is 2. The fraction of sp³-hybridized carbons (Fsp3) is 0.882. The zero-order valence-electron chi connectivity index (χ0n) is 14.6. The van der Waals surface area contributed by atoms with Gasteiger partial charge in [-0.3, -0.25) is 9.59 Å². The van der Waals surface area contributed by atoms with E-state index in [9.17, 15) is 9.59 Å². The lowest BCUT2D eigenvalue weighted by Crippen LogP contribution is -2.15. The number of ketones is 1. The monoisotopic (exact) mass is 332 g/mol.